The molecule has 2 aromatic rings. The largest absolute Gasteiger partial charge is 0.493 e. The monoisotopic (exact) mass is 342 g/mol. The van der Waals surface area contributed by atoms with Crippen LogP contribution in [0.2, 0.25) is 0 Å². The van der Waals surface area contributed by atoms with E-state index in [2.05, 4.69) is 10.5 Å². The quantitative estimate of drug-likeness (QED) is 0.832. The third kappa shape index (κ3) is 2.53. The highest BCUT2D eigenvalue weighted by molar-refractivity contribution is 6.17. The number of ether oxygens (including phenoxy) is 4. The summed E-state index contributed by atoms with van der Waals surface area (Å²) in [7, 11) is 3.12. The van der Waals surface area contributed by atoms with Crippen molar-refractivity contribution < 1.29 is 24.2 Å². The van der Waals surface area contributed by atoms with Crippen molar-refractivity contribution in [2.24, 2.45) is 4.99 Å². The van der Waals surface area contributed by atoms with Crippen molar-refractivity contribution in [2.45, 2.75) is 6.42 Å². The molecule has 2 aromatic carbocycles. The van der Waals surface area contributed by atoms with Crippen LogP contribution in [0.5, 0.6) is 23.0 Å². The number of aliphatic imine (C=N–C) groups is 1. The van der Waals surface area contributed by atoms with Gasteiger partial charge in [-0.3, -0.25) is 15.7 Å². The zero-order chi connectivity index (χ0) is 17.4. The number of nitrogens with zero attached hydrogens (tertiary/aromatic N) is 1. The lowest BCUT2D eigenvalue weighted by Gasteiger charge is -2.21. The van der Waals surface area contributed by atoms with E-state index in [9.17, 15) is 5.21 Å². The maximum atomic E-state index is 9.59. The summed E-state index contributed by atoms with van der Waals surface area (Å²) in [6.45, 7) is 0.881. The van der Waals surface area contributed by atoms with E-state index in [0.717, 1.165) is 34.6 Å². The number of rotatable bonds is 4. The Kier molecular flexibility index (Phi) is 3.85. The fraction of sp³-hybridized carbons (Fsp3) is 0.278. The molecule has 2 aliphatic rings. The number of benzene rings is 2. The average molecular weight is 342 g/mol. The molecule has 7 nitrogen and oxygen atoms in total. The number of hydrogen-bond donors (Lipinski definition) is 2. The Morgan fingerprint density at radius 1 is 1.00 bits per heavy atom. The first kappa shape index (κ1) is 15.6. The van der Waals surface area contributed by atoms with Crippen LogP contribution in [0.15, 0.2) is 29.3 Å². The molecule has 0 bridgehead atoms. The van der Waals surface area contributed by atoms with E-state index in [0.29, 0.717) is 29.5 Å². The molecule has 130 valence electrons. The average Bonchev–Trinajstić information content (AvgIpc) is 3.11. The number of anilines is 1. The van der Waals surface area contributed by atoms with E-state index in [1.807, 2.05) is 12.1 Å². The van der Waals surface area contributed by atoms with Gasteiger partial charge in [0.1, 0.15) is 0 Å². The minimum atomic E-state index is 0.227. The van der Waals surface area contributed by atoms with Crippen molar-refractivity contribution in [2.75, 3.05) is 33.0 Å². The zero-order valence-electron chi connectivity index (χ0n) is 14.0. The first-order chi connectivity index (χ1) is 12.2. The highest BCUT2D eigenvalue weighted by atomic mass is 16.7. The SMILES string of the molecule is COc1cc(NO)c(C2=NCCc3cc4c(cc32)OCO4)cc1OC. The zero-order valence-corrected chi connectivity index (χ0v) is 14.0. The van der Waals surface area contributed by atoms with Gasteiger partial charge in [0.25, 0.3) is 0 Å². The van der Waals surface area contributed by atoms with Gasteiger partial charge in [0, 0.05) is 23.7 Å². The Balaban J connectivity index is 1.87. The van der Waals surface area contributed by atoms with Gasteiger partial charge in [0.05, 0.1) is 25.6 Å². The number of hydrogen-bond acceptors (Lipinski definition) is 7. The van der Waals surface area contributed by atoms with Crippen LogP contribution in [0, 0.1) is 0 Å². The van der Waals surface area contributed by atoms with Gasteiger partial charge in [0.15, 0.2) is 23.0 Å². The van der Waals surface area contributed by atoms with Crippen LogP contribution in [-0.4, -0.2) is 38.5 Å². The lowest BCUT2D eigenvalue weighted by molar-refractivity contribution is 0.174. The van der Waals surface area contributed by atoms with Gasteiger partial charge in [-0.15, -0.1) is 0 Å². The van der Waals surface area contributed by atoms with Crippen LogP contribution in [0.4, 0.5) is 5.69 Å². The Bertz CT molecular complexity index is 863. The number of nitrogens with one attached hydrogen (secondary N) is 1. The van der Waals surface area contributed by atoms with Crippen LogP contribution in [0.25, 0.3) is 0 Å². The molecule has 0 unspecified atom stereocenters. The molecule has 25 heavy (non-hydrogen) atoms. The molecular weight excluding hydrogens is 324 g/mol. The van der Waals surface area contributed by atoms with Gasteiger partial charge in [-0.1, -0.05) is 0 Å². The van der Waals surface area contributed by atoms with Crippen molar-refractivity contribution in [3.8, 4) is 23.0 Å². The summed E-state index contributed by atoms with van der Waals surface area (Å²) >= 11 is 0. The minimum Gasteiger partial charge on any atom is -0.493 e. The third-order valence-corrected chi connectivity index (χ3v) is 4.40. The van der Waals surface area contributed by atoms with E-state index in [4.69, 9.17) is 18.9 Å². The lowest BCUT2D eigenvalue weighted by Crippen LogP contribution is -2.16. The Morgan fingerprint density at radius 2 is 1.72 bits per heavy atom. The van der Waals surface area contributed by atoms with Gasteiger partial charge in [0.2, 0.25) is 6.79 Å². The molecule has 0 aromatic heterocycles. The highest BCUT2D eigenvalue weighted by Gasteiger charge is 2.25. The molecule has 4 rings (SSSR count). The maximum absolute atomic E-state index is 9.59. The highest BCUT2D eigenvalue weighted by Crippen LogP contribution is 2.39. The first-order valence-electron chi connectivity index (χ1n) is 7.89. The van der Waals surface area contributed by atoms with Gasteiger partial charge in [-0.25, -0.2) is 0 Å². The van der Waals surface area contributed by atoms with Crippen molar-refractivity contribution in [1.82, 2.24) is 0 Å². The van der Waals surface area contributed by atoms with Gasteiger partial charge in [-0.05, 0) is 30.2 Å². The Labute approximate surface area is 144 Å². The second-order valence-electron chi connectivity index (χ2n) is 5.71. The Hall–Kier alpha value is -2.93. The van der Waals surface area contributed by atoms with Crippen molar-refractivity contribution in [3.63, 3.8) is 0 Å². The fourth-order valence-corrected chi connectivity index (χ4v) is 3.18. The van der Waals surface area contributed by atoms with Crippen LogP contribution in [0.3, 0.4) is 0 Å². The molecule has 2 aliphatic heterocycles. The van der Waals surface area contributed by atoms with Gasteiger partial charge >= 0.3 is 0 Å². The number of fused-ring (bicyclic) bond motifs is 2. The minimum absolute atomic E-state index is 0.227. The Morgan fingerprint density at radius 3 is 2.44 bits per heavy atom. The molecular formula is C18H18N2O5. The molecule has 0 amide bonds. The summed E-state index contributed by atoms with van der Waals surface area (Å²) in [5.41, 5.74) is 6.29. The van der Waals surface area contributed by atoms with Crippen LogP contribution in [0.1, 0.15) is 16.7 Å². The molecule has 0 atom stereocenters. The van der Waals surface area contributed by atoms with Crippen molar-refractivity contribution >= 4 is 11.4 Å². The molecule has 0 fully saturated rings. The predicted octanol–water partition coefficient (Wildman–Crippen LogP) is 2.63. The molecule has 0 saturated carbocycles. The molecule has 0 spiro atoms. The molecule has 7 heteroatoms. The third-order valence-electron chi connectivity index (χ3n) is 4.40. The first-order valence-corrected chi connectivity index (χ1v) is 7.89. The second-order valence-corrected chi connectivity index (χ2v) is 5.71. The van der Waals surface area contributed by atoms with Crippen LogP contribution >= 0.6 is 0 Å². The summed E-state index contributed by atoms with van der Waals surface area (Å²) in [6.07, 6.45) is 0.824. The summed E-state index contributed by atoms with van der Waals surface area (Å²) in [4.78, 5) is 4.68. The van der Waals surface area contributed by atoms with Gasteiger partial charge in [-0.2, -0.15) is 0 Å². The maximum Gasteiger partial charge on any atom is 0.231 e. The summed E-state index contributed by atoms with van der Waals surface area (Å²) in [6, 6.07) is 7.42. The summed E-state index contributed by atoms with van der Waals surface area (Å²) in [5, 5.41) is 9.59. The van der Waals surface area contributed by atoms with Crippen molar-refractivity contribution in [3.05, 3.63) is 41.0 Å². The van der Waals surface area contributed by atoms with E-state index in [1.54, 1.807) is 26.4 Å². The van der Waals surface area contributed by atoms with E-state index < -0.39 is 0 Å². The molecule has 0 saturated heterocycles. The summed E-state index contributed by atoms with van der Waals surface area (Å²) in [5.74, 6) is 2.54. The fourth-order valence-electron chi connectivity index (χ4n) is 3.18. The number of methoxy groups -OCH3 is 2. The molecule has 0 radical (unpaired) electrons. The van der Waals surface area contributed by atoms with Gasteiger partial charge < -0.3 is 18.9 Å². The molecule has 0 aliphatic carbocycles. The molecule has 2 N–H and O–H groups in total. The molecule has 2 heterocycles. The van der Waals surface area contributed by atoms with E-state index in [-0.39, 0.29) is 6.79 Å². The summed E-state index contributed by atoms with van der Waals surface area (Å²) < 4.78 is 21.7. The standard InChI is InChI=1S/C18H18N2O5/c1-22-14-7-12(13(20-21)8-15(14)23-2)18-11-6-17-16(24-9-25-17)5-10(11)3-4-19-18/h5-8,20-21H,3-4,9H2,1-2H3. The second kappa shape index (κ2) is 6.18. The normalized spacial score (nSPS) is 14.6. The van der Waals surface area contributed by atoms with Crippen LogP contribution < -0.4 is 24.4 Å². The lowest BCUT2D eigenvalue weighted by atomic mass is 9.91. The van der Waals surface area contributed by atoms with Crippen LogP contribution in [-0.2, 0) is 6.42 Å². The smallest absolute Gasteiger partial charge is 0.231 e. The van der Waals surface area contributed by atoms with E-state index >= 15 is 0 Å². The predicted molar refractivity (Wildman–Crippen MR) is 91.7 cm³/mol. The van der Waals surface area contributed by atoms with Crippen molar-refractivity contribution in [1.29, 1.82) is 0 Å². The van der Waals surface area contributed by atoms with E-state index in [1.165, 1.54) is 0 Å². The topological polar surface area (TPSA) is 81.5 Å².